The zero-order chi connectivity index (χ0) is 33.6. The SMILES string of the molecule is COC(=O)CCc1ccc(OCC2CN(C(=O)OC(C)(C)C)CCN2C(=O)c2cc(C)n(-c3ccccc3)c2-c2ccccc2)cc1. The minimum absolute atomic E-state index is 0.128. The molecule has 0 saturated carbocycles. The fraction of sp³-hybridized carbons (Fsp3) is 0.342. The van der Waals surface area contributed by atoms with Gasteiger partial charge >= 0.3 is 12.1 Å². The molecule has 9 heteroatoms. The van der Waals surface area contributed by atoms with Crippen molar-refractivity contribution in [2.24, 2.45) is 0 Å². The second kappa shape index (κ2) is 14.6. The van der Waals surface area contributed by atoms with E-state index in [-0.39, 0.29) is 25.0 Å². The number of benzene rings is 3. The largest absolute Gasteiger partial charge is 0.491 e. The summed E-state index contributed by atoms with van der Waals surface area (Å²) in [6.45, 7) is 8.61. The van der Waals surface area contributed by atoms with Crippen molar-refractivity contribution in [3.63, 3.8) is 0 Å². The molecule has 2 heterocycles. The molecular weight excluding hydrogens is 594 g/mol. The van der Waals surface area contributed by atoms with Crippen LogP contribution in [0.25, 0.3) is 16.9 Å². The molecule has 0 N–H and O–H groups in total. The number of ether oxygens (including phenoxy) is 3. The van der Waals surface area contributed by atoms with Crippen LogP contribution in [0, 0.1) is 6.92 Å². The number of amides is 2. The first-order valence-corrected chi connectivity index (χ1v) is 15.9. The van der Waals surface area contributed by atoms with E-state index >= 15 is 0 Å². The molecule has 3 aromatic carbocycles. The Hall–Kier alpha value is -5.05. The molecule has 0 radical (unpaired) electrons. The smallest absolute Gasteiger partial charge is 0.410 e. The number of aromatic nitrogens is 1. The first-order chi connectivity index (χ1) is 22.5. The minimum atomic E-state index is -0.645. The fourth-order valence-electron chi connectivity index (χ4n) is 5.80. The summed E-state index contributed by atoms with van der Waals surface area (Å²) >= 11 is 0. The highest BCUT2D eigenvalue weighted by molar-refractivity contribution is 6.01. The average molecular weight is 638 g/mol. The standard InChI is InChI=1S/C38H43N3O6/c1-27-24-33(35(29-12-8-6-9-13-29)41(27)30-14-10-7-11-15-30)36(43)40-23-22-39(37(44)47-38(2,3)4)25-31(40)26-46-32-19-16-28(17-20-32)18-21-34(42)45-5/h6-17,19-20,24,31H,18,21-23,25-26H2,1-5H3. The van der Waals surface area contributed by atoms with E-state index in [4.69, 9.17) is 14.2 Å². The lowest BCUT2D eigenvalue weighted by molar-refractivity contribution is -0.140. The number of esters is 1. The maximum absolute atomic E-state index is 14.6. The van der Waals surface area contributed by atoms with Gasteiger partial charge in [-0.2, -0.15) is 0 Å². The quantitative estimate of drug-likeness (QED) is 0.190. The average Bonchev–Trinajstić information content (AvgIpc) is 3.43. The van der Waals surface area contributed by atoms with E-state index in [0.29, 0.717) is 37.2 Å². The lowest BCUT2D eigenvalue weighted by atomic mass is 10.0. The Morgan fingerprint density at radius 3 is 2.17 bits per heavy atom. The van der Waals surface area contributed by atoms with Crippen molar-refractivity contribution in [1.82, 2.24) is 14.4 Å². The Bertz CT molecular complexity index is 1680. The lowest BCUT2D eigenvalue weighted by Crippen LogP contribution is -2.59. The molecule has 246 valence electrons. The molecule has 1 fully saturated rings. The van der Waals surface area contributed by atoms with Crippen molar-refractivity contribution in [2.45, 2.75) is 52.2 Å². The van der Waals surface area contributed by atoms with Gasteiger partial charge in [0.1, 0.15) is 18.0 Å². The summed E-state index contributed by atoms with van der Waals surface area (Å²) in [7, 11) is 1.38. The first kappa shape index (κ1) is 33.3. The van der Waals surface area contributed by atoms with Crippen molar-refractivity contribution < 1.29 is 28.6 Å². The molecule has 2 amide bonds. The Morgan fingerprint density at radius 2 is 1.53 bits per heavy atom. The molecule has 5 rings (SSSR count). The molecular formula is C38H43N3O6. The lowest BCUT2D eigenvalue weighted by Gasteiger charge is -2.41. The molecule has 0 spiro atoms. The van der Waals surface area contributed by atoms with Crippen LogP contribution >= 0.6 is 0 Å². The highest BCUT2D eigenvalue weighted by atomic mass is 16.6. The number of hydrogen-bond donors (Lipinski definition) is 0. The third-order valence-electron chi connectivity index (χ3n) is 8.08. The predicted molar refractivity (Wildman–Crippen MR) is 181 cm³/mol. The summed E-state index contributed by atoms with van der Waals surface area (Å²) in [6, 6.07) is 29.0. The van der Waals surface area contributed by atoms with Crippen LogP contribution in [-0.4, -0.2) is 77.3 Å². The van der Waals surface area contributed by atoms with Gasteiger partial charge in [0.25, 0.3) is 5.91 Å². The van der Waals surface area contributed by atoms with Gasteiger partial charge in [0.05, 0.1) is 24.4 Å². The Balaban J connectivity index is 1.44. The van der Waals surface area contributed by atoms with Gasteiger partial charge in [0.15, 0.2) is 0 Å². The maximum Gasteiger partial charge on any atom is 0.410 e. The molecule has 1 atom stereocenters. The Labute approximate surface area is 276 Å². The summed E-state index contributed by atoms with van der Waals surface area (Å²) in [5.74, 6) is 0.244. The number of aryl methyl sites for hydroxylation is 2. The molecule has 1 aliphatic heterocycles. The zero-order valence-electron chi connectivity index (χ0n) is 27.8. The summed E-state index contributed by atoms with van der Waals surface area (Å²) < 4.78 is 18.8. The third kappa shape index (κ3) is 8.22. The number of nitrogens with zero attached hydrogens (tertiary/aromatic N) is 3. The highest BCUT2D eigenvalue weighted by Crippen LogP contribution is 2.33. The van der Waals surface area contributed by atoms with Gasteiger partial charge in [0.2, 0.25) is 0 Å². The van der Waals surface area contributed by atoms with E-state index in [9.17, 15) is 14.4 Å². The van der Waals surface area contributed by atoms with Gasteiger partial charge in [-0.1, -0.05) is 60.7 Å². The summed E-state index contributed by atoms with van der Waals surface area (Å²) in [5, 5.41) is 0. The van der Waals surface area contributed by atoms with E-state index in [2.05, 4.69) is 4.57 Å². The van der Waals surface area contributed by atoms with E-state index in [1.54, 1.807) is 4.90 Å². The summed E-state index contributed by atoms with van der Waals surface area (Å²) in [5.41, 5.74) is 4.58. The molecule has 9 nitrogen and oxygen atoms in total. The van der Waals surface area contributed by atoms with Crippen LogP contribution in [0.4, 0.5) is 4.79 Å². The van der Waals surface area contributed by atoms with Crippen LogP contribution in [-0.2, 0) is 20.7 Å². The normalized spacial score (nSPS) is 14.9. The molecule has 1 aliphatic rings. The Kier molecular flexibility index (Phi) is 10.3. The fourth-order valence-corrected chi connectivity index (χ4v) is 5.80. The van der Waals surface area contributed by atoms with Gasteiger partial charge in [-0.25, -0.2) is 4.79 Å². The van der Waals surface area contributed by atoms with E-state index < -0.39 is 17.7 Å². The summed E-state index contributed by atoms with van der Waals surface area (Å²) in [4.78, 5) is 42.7. The number of carbonyl (C=O) groups is 3. The van der Waals surface area contributed by atoms with Crippen LogP contribution in [0.3, 0.4) is 0 Å². The highest BCUT2D eigenvalue weighted by Gasteiger charge is 2.37. The molecule has 0 aliphatic carbocycles. The van der Waals surface area contributed by atoms with Crippen LogP contribution in [0.15, 0.2) is 91.0 Å². The number of para-hydroxylation sites is 1. The number of carbonyl (C=O) groups excluding carboxylic acids is 3. The van der Waals surface area contributed by atoms with E-state index in [1.165, 1.54) is 7.11 Å². The van der Waals surface area contributed by atoms with Crippen LogP contribution in [0.5, 0.6) is 5.75 Å². The van der Waals surface area contributed by atoms with Gasteiger partial charge in [-0.05, 0) is 75.6 Å². The monoisotopic (exact) mass is 637 g/mol. The molecule has 47 heavy (non-hydrogen) atoms. The first-order valence-electron chi connectivity index (χ1n) is 15.9. The van der Waals surface area contributed by atoms with Crippen molar-refractivity contribution >= 4 is 18.0 Å². The Morgan fingerprint density at radius 1 is 0.872 bits per heavy atom. The van der Waals surface area contributed by atoms with Crippen LogP contribution < -0.4 is 4.74 Å². The molecule has 0 bridgehead atoms. The number of rotatable bonds is 9. The number of piperazine rings is 1. The molecule has 1 unspecified atom stereocenters. The summed E-state index contributed by atoms with van der Waals surface area (Å²) in [6.07, 6.45) is 0.446. The van der Waals surface area contributed by atoms with E-state index in [0.717, 1.165) is 28.2 Å². The van der Waals surface area contributed by atoms with Gasteiger partial charge in [0, 0.05) is 37.4 Å². The zero-order valence-corrected chi connectivity index (χ0v) is 27.8. The second-order valence-electron chi connectivity index (χ2n) is 12.7. The van der Waals surface area contributed by atoms with Crippen molar-refractivity contribution in [3.8, 4) is 22.7 Å². The number of hydrogen-bond acceptors (Lipinski definition) is 6. The molecule has 1 aromatic heterocycles. The third-order valence-corrected chi connectivity index (χ3v) is 8.08. The van der Waals surface area contributed by atoms with Gasteiger partial charge < -0.3 is 28.6 Å². The van der Waals surface area contributed by atoms with Crippen molar-refractivity contribution in [2.75, 3.05) is 33.4 Å². The minimum Gasteiger partial charge on any atom is -0.491 e. The van der Waals surface area contributed by atoms with Crippen molar-refractivity contribution in [3.05, 3.63) is 108 Å². The molecule has 4 aromatic rings. The topological polar surface area (TPSA) is 90.3 Å². The van der Waals surface area contributed by atoms with Crippen LogP contribution in [0.1, 0.15) is 48.8 Å². The maximum atomic E-state index is 14.6. The van der Waals surface area contributed by atoms with Crippen molar-refractivity contribution in [1.29, 1.82) is 0 Å². The van der Waals surface area contributed by atoms with Gasteiger partial charge in [-0.15, -0.1) is 0 Å². The second-order valence-corrected chi connectivity index (χ2v) is 12.7. The number of methoxy groups -OCH3 is 1. The van der Waals surface area contributed by atoms with Crippen LogP contribution in [0.2, 0.25) is 0 Å². The molecule has 1 saturated heterocycles. The van der Waals surface area contributed by atoms with Gasteiger partial charge in [-0.3, -0.25) is 9.59 Å². The predicted octanol–water partition coefficient (Wildman–Crippen LogP) is 6.70. The van der Waals surface area contributed by atoms with E-state index in [1.807, 2.05) is 124 Å².